The van der Waals surface area contributed by atoms with Crippen molar-refractivity contribution in [1.29, 1.82) is 0 Å². The Morgan fingerprint density at radius 3 is 2.64 bits per heavy atom. The van der Waals surface area contributed by atoms with Gasteiger partial charge < -0.3 is 0 Å². The first-order valence-corrected chi connectivity index (χ1v) is 4.65. The number of esters is 1. The van der Waals surface area contributed by atoms with Crippen LogP contribution in [0.4, 0.5) is 0 Å². The van der Waals surface area contributed by atoms with Gasteiger partial charge in [-0.3, -0.25) is 0 Å². The van der Waals surface area contributed by atoms with Crippen molar-refractivity contribution >= 4 is 27.7 Å². The molecule has 0 saturated heterocycles. The summed E-state index contributed by atoms with van der Waals surface area (Å²) in [4.78, 5) is 14.5. The van der Waals surface area contributed by atoms with Crippen molar-refractivity contribution in [3.8, 4) is 0 Å². The number of rotatable bonds is 3. The van der Waals surface area contributed by atoms with Crippen LogP contribution in [0.15, 0.2) is 16.7 Å². The molecule has 0 saturated carbocycles. The Kier molecular flexibility index (Phi) is 5.25. The minimum atomic E-state index is -0.498. The molecule has 0 radical (unpaired) electrons. The van der Waals surface area contributed by atoms with Crippen molar-refractivity contribution in [2.75, 3.05) is 7.11 Å². The van der Waals surface area contributed by atoms with Crippen LogP contribution in [0.3, 0.4) is 0 Å². The van der Waals surface area contributed by atoms with Crippen LogP contribution in [0.1, 0.15) is 0 Å². The van der Waals surface area contributed by atoms with E-state index >= 15 is 0 Å². The normalized spacial score (nSPS) is 10.5. The Morgan fingerprint density at radius 2 is 2.36 bits per heavy atom. The monoisotopic (exact) mass is 343 g/mol. The number of aliphatic imine (C=N–C) groups is 1. The number of hydrogen-bond acceptors (Lipinski definition) is 3. The number of ether oxygens (including phenoxy) is 1. The third-order valence-corrected chi connectivity index (χ3v) is 1.63. The van der Waals surface area contributed by atoms with Gasteiger partial charge in [-0.1, -0.05) is 0 Å². The van der Waals surface area contributed by atoms with E-state index in [1.807, 2.05) is 0 Å². The molecule has 0 atom stereocenters. The van der Waals surface area contributed by atoms with Crippen LogP contribution in [0.25, 0.3) is 0 Å². The van der Waals surface area contributed by atoms with Crippen LogP contribution in [-0.2, 0) is 28.9 Å². The zero-order valence-electron chi connectivity index (χ0n) is 5.83. The molecule has 0 aromatic heterocycles. The van der Waals surface area contributed by atoms with Gasteiger partial charge in [0.1, 0.15) is 0 Å². The van der Waals surface area contributed by atoms with E-state index in [9.17, 15) is 4.79 Å². The summed E-state index contributed by atoms with van der Waals surface area (Å²) in [5.74, 6) is -0.498. The van der Waals surface area contributed by atoms with Crippen molar-refractivity contribution in [1.82, 2.24) is 0 Å². The molecule has 0 aliphatic rings. The topological polar surface area (TPSA) is 38.7 Å². The van der Waals surface area contributed by atoms with Crippen LogP contribution in [0.5, 0.6) is 0 Å². The Labute approximate surface area is 80.5 Å². The molecule has 0 aliphatic carbocycles. The maximum atomic E-state index is 10.8. The summed E-state index contributed by atoms with van der Waals surface area (Å²) in [5, 5.41) is 0.0721. The molecule has 0 fully saturated rings. The fraction of sp³-hybridized carbons (Fsp3) is 0.167. The molecule has 0 bridgehead atoms. The van der Waals surface area contributed by atoms with Crippen LogP contribution in [-0.4, -0.2) is 23.2 Å². The van der Waals surface area contributed by atoms with Gasteiger partial charge in [0.05, 0.1) is 0 Å². The number of methoxy groups -OCH3 is 1. The summed E-state index contributed by atoms with van der Waals surface area (Å²) in [7, 11) is 1.29. The van der Waals surface area contributed by atoms with E-state index in [0.29, 0.717) is 0 Å². The number of nitrogens with zero attached hydrogens (tertiary/aromatic N) is 1. The third kappa shape index (κ3) is 4.22. The SMILES string of the molecule is C=C(Cl)/N=C(\[CH]=[W])C(=O)OC. The maximum absolute atomic E-state index is 10.8. The van der Waals surface area contributed by atoms with E-state index in [1.165, 1.54) is 7.11 Å². The fourth-order valence-electron chi connectivity index (χ4n) is 0.355. The van der Waals surface area contributed by atoms with Crippen molar-refractivity contribution < 1.29 is 28.9 Å². The number of carbonyl (C=O) groups is 1. The van der Waals surface area contributed by atoms with E-state index in [-0.39, 0.29) is 10.9 Å². The second kappa shape index (κ2) is 5.39. The Bertz CT molecular complexity index is 225. The van der Waals surface area contributed by atoms with Gasteiger partial charge in [0.15, 0.2) is 0 Å². The molecule has 0 unspecified atom stereocenters. The molecule has 0 heterocycles. The zero-order valence-corrected chi connectivity index (χ0v) is 9.52. The fourth-order valence-corrected chi connectivity index (χ4v) is 0.981. The molecule has 5 heteroatoms. The van der Waals surface area contributed by atoms with Gasteiger partial charge in [-0.25, -0.2) is 0 Å². The van der Waals surface area contributed by atoms with Gasteiger partial charge in [-0.05, 0) is 0 Å². The molecule has 3 nitrogen and oxygen atoms in total. The van der Waals surface area contributed by atoms with Gasteiger partial charge >= 0.3 is 80.4 Å². The summed E-state index contributed by atoms with van der Waals surface area (Å²) in [6.45, 7) is 3.32. The third-order valence-electron chi connectivity index (χ3n) is 0.748. The number of halogens is 1. The molecule has 60 valence electrons. The van der Waals surface area contributed by atoms with E-state index in [2.05, 4.69) is 16.3 Å². The van der Waals surface area contributed by atoms with E-state index < -0.39 is 5.97 Å². The van der Waals surface area contributed by atoms with Crippen molar-refractivity contribution in [3.05, 3.63) is 11.7 Å². The van der Waals surface area contributed by atoms with Gasteiger partial charge in [-0.15, -0.1) is 0 Å². The van der Waals surface area contributed by atoms with Gasteiger partial charge in [0.2, 0.25) is 0 Å². The van der Waals surface area contributed by atoms with Crippen molar-refractivity contribution in [3.63, 3.8) is 0 Å². The van der Waals surface area contributed by atoms with E-state index in [4.69, 9.17) is 11.6 Å². The van der Waals surface area contributed by atoms with Crippen molar-refractivity contribution in [2.45, 2.75) is 0 Å². The number of hydrogen-bond donors (Lipinski definition) is 0. The first-order chi connectivity index (χ1) is 5.11. The van der Waals surface area contributed by atoms with Crippen LogP contribution < -0.4 is 0 Å². The molecule has 0 spiro atoms. The minimum absolute atomic E-state index is 0.0721. The molecule has 0 amide bonds. The molecule has 0 aromatic rings. The molecular weight excluding hydrogens is 337 g/mol. The second-order valence-electron chi connectivity index (χ2n) is 1.48. The zero-order chi connectivity index (χ0) is 8.85. The molecule has 0 aromatic carbocycles. The van der Waals surface area contributed by atoms with Crippen LogP contribution in [0, 0.1) is 0 Å². The summed E-state index contributed by atoms with van der Waals surface area (Å²) in [6, 6.07) is 0. The summed E-state index contributed by atoms with van der Waals surface area (Å²) in [6.07, 6.45) is 0. The standard InChI is InChI=1S/C6H6ClNO2.W/c1-4(6(9)10-3)8-5(2)7;/h1H,2H2,3H3;/b8-4+;. The van der Waals surface area contributed by atoms with Gasteiger partial charge in [0, 0.05) is 0 Å². The Hall–Kier alpha value is -0.272. The van der Waals surface area contributed by atoms with Crippen LogP contribution >= 0.6 is 11.6 Å². The van der Waals surface area contributed by atoms with Gasteiger partial charge in [0.25, 0.3) is 0 Å². The van der Waals surface area contributed by atoms with E-state index in [0.717, 1.165) is 19.4 Å². The predicted octanol–water partition coefficient (Wildman–Crippen LogP) is 0.659. The first-order valence-electron chi connectivity index (χ1n) is 2.58. The molecule has 0 N–H and O–H groups in total. The predicted molar refractivity (Wildman–Crippen MR) is 40.5 cm³/mol. The summed E-state index contributed by atoms with van der Waals surface area (Å²) >= 11 is 6.45. The molecular formula is C6H6ClNO2W. The molecule has 11 heavy (non-hydrogen) atoms. The molecule has 0 rings (SSSR count). The average molecular weight is 343 g/mol. The summed E-state index contributed by atoms with van der Waals surface area (Å²) < 4.78 is 6.00. The van der Waals surface area contributed by atoms with Crippen molar-refractivity contribution in [2.24, 2.45) is 4.99 Å². The van der Waals surface area contributed by atoms with E-state index in [1.54, 1.807) is 4.40 Å². The van der Waals surface area contributed by atoms with Crippen LogP contribution in [0.2, 0.25) is 0 Å². The first kappa shape index (κ1) is 10.7. The second-order valence-corrected chi connectivity index (χ2v) is 2.77. The van der Waals surface area contributed by atoms with Gasteiger partial charge in [-0.2, -0.15) is 0 Å². The number of carbonyl (C=O) groups excluding carboxylic acids is 1. The summed E-state index contributed by atoms with van der Waals surface area (Å²) in [5.41, 5.74) is 0.197. The Morgan fingerprint density at radius 1 is 1.82 bits per heavy atom. The average Bonchev–Trinajstić information content (AvgIpc) is 1.98. The quantitative estimate of drug-likeness (QED) is 0.429. The Balaban J connectivity index is 4.52. The molecule has 0 aliphatic heterocycles.